The maximum absolute atomic E-state index is 12.5. The van der Waals surface area contributed by atoms with Crippen molar-refractivity contribution >= 4 is 39.0 Å². The van der Waals surface area contributed by atoms with Gasteiger partial charge < -0.3 is 11.1 Å². The van der Waals surface area contributed by atoms with Crippen LogP contribution < -0.4 is 11.1 Å². The number of hydrogen-bond acceptors (Lipinski definition) is 3. The molecule has 0 saturated heterocycles. The SMILES string of the molecule is NC(=S)C1(NC(=O)c2ncccc2Br)CCCCCCC1. The Bertz CT molecular complexity index is 527. The molecule has 114 valence electrons. The Hall–Kier alpha value is -1.01. The molecular formula is C15H20BrN3OS. The summed E-state index contributed by atoms with van der Waals surface area (Å²) in [7, 11) is 0. The lowest BCUT2D eigenvalue weighted by Gasteiger charge is -2.35. The standard InChI is InChI=1S/C15H20BrN3OS/c16-11-7-6-10-18-12(11)13(20)19-15(14(17)21)8-4-2-1-3-5-9-15/h6-7,10H,1-5,8-9H2,(H2,17,21)(H,19,20). The summed E-state index contributed by atoms with van der Waals surface area (Å²) in [5.74, 6) is -0.226. The third-order valence-corrected chi connectivity index (χ3v) is 5.04. The fourth-order valence-electron chi connectivity index (χ4n) is 2.77. The van der Waals surface area contributed by atoms with Crippen LogP contribution in [0.15, 0.2) is 22.8 Å². The van der Waals surface area contributed by atoms with E-state index >= 15 is 0 Å². The lowest BCUT2D eigenvalue weighted by molar-refractivity contribution is 0.0907. The number of carbonyl (C=O) groups excluding carboxylic acids is 1. The second-order valence-electron chi connectivity index (χ2n) is 5.50. The van der Waals surface area contributed by atoms with E-state index in [-0.39, 0.29) is 5.91 Å². The van der Waals surface area contributed by atoms with E-state index in [0.717, 1.165) is 38.5 Å². The molecule has 1 fully saturated rings. The van der Waals surface area contributed by atoms with Crippen molar-refractivity contribution in [2.24, 2.45) is 5.73 Å². The van der Waals surface area contributed by atoms with Gasteiger partial charge in [-0.3, -0.25) is 4.79 Å². The predicted molar refractivity (Wildman–Crippen MR) is 91.2 cm³/mol. The van der Waals surface area contributed by atoms with E-state index in [1.54, 1.807) is 18.3 Å². The van der Waals surface area contributed by atoms with E-state index in [2.05, 4.69) is 26.2 Å². The summed E-state index contributed by atoms with van der Waals surface area (Å²) in [6.07, 6.45) is 8.83. The number of amides is 1. The molecule has 0 atom stereocenters. The first kappa shape index (κ1) is 16.4. The molecule has 6 heteroatoms. The molecule has 1 aromatic heterocycles. The second kappa shape index (κ2) is 7.31. The smallest absolute Gasteiger partial charge is 0.271 e. The van der Waals surface area contributed by atoms with Gasteiger partial charge in [0.1, 0.15) is 5.69 Å². The van der Waals surface area contributed by atoms with Crippen LogP contribution in [-0.2, 0) is 0 Å². The van der Waals surface area contributed by atoms with E-state index in [1.165, 1.54) is 6.42 Å². The number of nitrogens with zero attached hydrogens (tertiary/aromatic N) is 1. The number of rotatable bonds is 3. The molecule has 0 aliphatic heterocycles. The van der Waals surface area contributed by atoms with Crippen molar-refractivity contribution in [2.45, 2.75) is 50.5 Å². The van der Waals surface area contributed by atoms with Gasteiger partial charge in [0.05, 0.1) is 10.5 Å². The fraction of sp³-hybridized carbons (Fsp3) is 0.533. The topological polar surface area (TPSA) is 68.0 Å². The van der Waals surface area contributed by atoms with Crippen molar-refractivity contribution < 1.29 is 4.79 Å². The average Bonchev–Trinajstić information content (AvgIpc) is 2.42. The van der Waals surface area contributed by atoms with Gasteiger partial charge in [0, 0.05) is 10.7 Å². The Balaban J connectivity index is 2.21. The molecule has 1 saturated carbocycles. The number of nitrogens with two attached hydrogens (primary N) is 1. The van der Waals surface area contributed by atoms with Gasteiger partial charge in [-0.15, -0.1) is 0 Å². The molecule has 1 amide bonds. The van der Waals surface area contributed by atoms with Crippen LogP contribution in [0.25, 0.3) is 0 Å². The maximum atomic E-state index is 12.5. The van der Waals surface area contributed by atoms with Crippen LogP contribution in [-0.4, -0.2) is 21.4 Å². The first-order chi connectivity index (χ1) is 10.1. The quantitative estimate of drug-likeness (QED) is 0.801. The summed E-state index contributed by atoms with van der Waals surface area (Å²) in [4.78, 5) is 17.0. The van der Waals surface area contributed by atoms with E-state index in [9.17, 15) is 4.79 Å². The minimum absolute atomic E-state index is 0.226. The fourth-order valence-corrected chi connectivity index (χ4v) is 3.46. The molecule has 1 aliphatic carbocycles. The molecule has 2 rings (SSSR count). The molecule has 0 radical (unpaired) electrons. The molecule has 21 heavy (non-hydrogen) atoms. The van der Waals surface area contributed by atoms with Gasteiger partial charge in [-0.1, -0.05) is 44.3 Å². The summed E-state index contributed by atoms with van der Waals surface area (Å²) in [5.41, 5.74) is 5.76. The number of pyridine rings is 1. The van der Waals surface area contributed by atoms with Crippen LogP contribution in [0.4, 0.5) is 0 Å². The largest absolute Gasteiger partial charge is 0.391 e. The van der Waals surface area contributed by atoms with Crippen LogP contribution in [0.3, 0.4) is 0 Å². The van der Waals surface area contributed by atoms with Crippen molar-refractivity contribution in [3.63, 3.8) is 0 Å². The molecule has 0 aromatic carbocycles. The highest BCUT2D eigenvalue weighted by Gasteiger charge is 2.35. The second-order valence-corrected chi connectivity index (χ2v) is 6.80. The highest BCUT2D eigenvalue weighted by atomic mass is 79.9. The average molecular weight is 370 g/mol. The van der Waals surface area contributed by atoms with Gasteiger partial charge in [-0.2, -0.15) is 0 Å². The number of nitrogens with one attached hydrogen (secondary N) is 1. The van der Waals surface area contributed by atoms with Crippen LogP contribution in [0, 0.1) is 0 Å². The van der Waals surface area contributed by atoms with Gasteiger partial charge >= 0.3 is 0 Å². The molecular weight excluding hydrogens is 350 g/mol. The summed E-state index contributed by atoms with van der Waals surface area (Å²) >= 11 is 8.62. The van der Waals surface area contributed by atoms with Crippen LogP contribution in [0.5, 0.6) is 0 Å². The zero-order chi connectivity index (χ0) is 15.3. The third-order valence-electron chi connectivity index (χ3n) is 4.01. The molecule has 4 nitrogen and oxygen atoms in total. The summed E-state index contributed by atoms with van der Waals surface area (Å²) in [6.45, 7) is 0. The Kier molecular flexibility index (Phi) is 5.70. The minimum Gasteiger partial charge on any atom is -0.391 e. The number of thiocarbonyl (C=S) groups is 1. The molecule has 1 aromatic rings. The van der Waals surface area contributed by atoms with Gasteiger partial charge in [0.15, 0.2) is 0 Å². The van der Waals surface area contributed by atoms with Crippen molar-refractivity contribution in [3.8, 4) is 0 Å². The van der Waals surface area contributed by atoms with Gasteiger partial charge in [0.2, 0.25) is 0 Å². The Morgan fingerprint density at radius 1 is 1.29 bits per heavy atom. The zero-order valence-corrected chi connectivity index (χ0v) is 14.3. The Morgan fingerprint density at radius 2 is 1.90 bits per heavy atom. The van der Waals surface area contributed by atoms with Crippen molar-refractivity contribution in [3.05, 3.63) is 28.5 Å². The molecule has 0 bridgehead atoms. The first-order valence-corrected chi connectivity index (χ1v) is 8.48. The van der Waals surface area contributed by atoms with E-state index in [1.807, 2.05) is 0 Å². The number of hydrogen-bond donors (Lipinski definition) is 2. The van der Waals surface area contributed by atoms with Crippen LogP contribution >= 0.6 is 28.1 Å². The van der Waals surface area contributed by atoms with Gasteiger partial charge in [-0.25, -0.2) is 4.98 Å². The first-order valence-electron chi connectivity index (χ1n) is 7.28. The van der Waals surface area contributed by atoms with Crippen molar-refractivity contribution in [1.82, 2.24) is 10.3 Å². The summed E-state index contributed by atoms with van der Waals surface area (Å²) in [5, 5.41) is 3.06. The van der Waals surface area contributed by atoms with E-state index in [0.29, 0.717) is 15.2 Å². The Morgan fingerprint density at radius 3 is 2.48 bits per heavy atom. The maximum Gasteiger partial charge on any atom is 0.271 e. The third kappa shape index (κ3) is 4.01. The lowest BCUT2D eigenvalue weighted by Crippen LogP contribution is -2.57. The summed E-state index contributed by atoms with van der Waals surface area (Å²) < 4.78 is 0.673. The highest BCUT2D eigenvalue weighted by Crippen LogP contribution is 2.27. The summed E-state index contributed by atoms with van der Waals surface area (Å²) in [6, 6.07) is 3.58. The lowest BCUT2D eigenvalue weighted by atomic mass is 9.83. The minimum atomic E-state index is -0.580. The van der Waals surface area contributed by atoms with Crippen LogP contribution in [0.2, 0.25) is 0 Å². The molecule has 3 N–H and O–H groups in total. The monoisotopic (exact) mass is 369 g/mol. The number of carbonyl (C=O) groups is 1. The van der Waals surface area contributed by atoms with Crippen LogP contribution in [0.1, 0.15) is 55.4 Å². The van der Waals surface area contributed by atoms with E-state index in [4.69, 9.17) is 18.0 Å². The molecule has 1 heterocycles. The molecule has 0 spiro atoms. The normalized spacial score (nSPS) is 18.3. The van der Waals surface area contributed by atoms with Crippen molar-refractivity contribution in [2.75, 3.05) is 0 Å². The van der Waals surface area contributed by atoms with Crippen molar-refractivity contribution in [1.29, 1.82) is 0 Å². The number of aromatic nitrogens is 1. The molecule has 0 unspecified atom stereocenters. The molecule has 1 aliphatic rings. The van der Waals surface area contributed by atoms with Gasteiger partial charge in [-0.05, 0) is 40.9 Å². The zero-order valence-electron chi connectivity index (χ0n) is 11.9. The van der Waals surface area contributed by atoms with E-state index < -0.39 is 5.54 Å². The highest BCUT2D eigenvalue weighted by molar-refractivity contribution is 9.10. The Labute approximate surface area is 139 Å². The number of halogens is 1. The predicted octanol–water partition coefficient (Wildman–Crippen LogP) is 3.34. The van der Waals surface area contributed by atoms with Gasteiger partial charge in [0.25, 0.3) is 5.91 Å².